The molecule has 0 fully saturated rings. The molecule has 1 atom stereocenters. The Morgan fingerprint density at radius 2 is 1.90 bits per heavy atom. The maximum atomic E-state index is 12.5. The highest BCUT2D eigenvalue weighted by Crippen LogP contribution is 2.36. The molecule has 0 bridgehead atoms. The van der Waals surface area contributed by atoms with Gasteiger partial charge >= 0.3 is 0 Å². The normalized spacial score (nSPS) is 17.9. The highest BCUT2D eigenvalue weighted by atomic mass is 32.2. The van der Waals surface area contributed by atoms with Gasteiger partial charge in [0.1, 0.15) is 4.90 Å². The number of hydrogen-bond acceptors (Lipinski definition) is 4. The van der Waals surface area contributed by atoms with Crippen LogP contribution in [0.4, 0.5) is 0 Å². The third-order valence-electron chi connectivity index (χ3n) is 3.37. The zero-order chi connectivity index (χ0) is 14.3. The third kappa shape index (κ3) is 1.72. The lowest BCUT2D eigenvalue weighted by Gasteiger charge is -2.23. The summed E-state index contributed by atoms with van der Waals surface area (Å²) in [4.78, 5) is 16.4. The maximum Gasteiger partial charge on any atom is 0.269 e. The second-order valence-electron chi connectivity index (χ2n) is 4.56. The van der Waals surface area contributed by atoms with E-state index in [9.17, 15) is 13.2 Å². The first-order chi connectivity index (χ1) is 9.53. The molecule has 1 unspecified atom stereocenters. The van der Waals surface area contributed by atoms with Crippen molar-refractivity contribution in [2.24, 2.45) is 0 Å². The minimum atomic E-state index is -3.79. The molecule has 1 amide bonds. The number of carbonyl (C=O) groups excluding carboxylic acids is 1. The SMILES string of the molecule is CC(c1cccnc1)N1C(=O)c2ccccc2S1(=O)=O. The molecule has 5 nitrogen and oxygen atoms in total. The van der Waals surface area contributed by atoms with Crippen molar-refractivity contribution in [3.8, 4) is 0 Å². The van der Waals surface area contributed by atoms with Crippen LogP contribution in [0, 0.1) is 0 Å². The smallest absolute Gasteiger partial charge is 0.268 e. The highest BCUT2D eigenvalue weighted by molar-refractivity contribution is 7.90. The van der Waals surface area contributed by atoms with E-state index in [1.54, 1.807) is 43.6 Å². The van der Waals surface area contributed by atoms with Crippen LogP contribution in [0.3, 0.4) is 0 Å². The van der Waals surface area contributed by atoms with E-state index in [4.69, 9.17) is 0 Å². The molecule has 6 heteroatoms. The Kier molecular flexibility index (Phi) is 2.83. The predicted octanol–water partition coefficient (Wildman–Crippen LogP) is 1.99. The Labute approximate surface area is 116 Å². The number of carbonyl (C=O) groups is 1. The molecule has 0 radical (unpaired) electrons. The van der Waals surface area contributed by atoms with Crippen LogP contribution >= 0.6 is 0 Å². The van der Waals surface area contributed by atoms with E-state index in [0.717, 1.165) is 4.31 Å². The first kappa shape index (κ1) is 12.8. The summed E-state index contributed by atoms with van der Waals surface area (Å²) in [6, 6.07) is 9.14. The van der Waals surface area contributed by atoms with Gasteiger partial charge in [-0.15, -0.1) is 0 Å². The van der Waals surface area contributed by atoms with E-state index in [2.05, 4.69) is 4.98 Å². The third-order valence-corrected chi connectivity index (χ3v) is 5.28. The van der Waals surface area contributed by atoms with Crippen molar-refractivity contribution < 1.29 is 13.2 Å². The lowest BCUT2D eigenvalue weighted by molar-refractivity contribution is 0.0839. The summed E-state index contributed by atoms with van der Waals surface area (Å²) in [6.45, 7) is 1.68. The topological polar surface area (TPSA) is 67.3 Å². The fourth-order valence-electron chi connectivity index (χ4n) is 2.34. The number of nitrogens with zero attached hydrogens (tertiary/aromatic N) is 2. The van der Waals surface area contributed by atoms with E-state index in [1.807, 2.05) is 0 Å². The van der Waals surface area contributed by atoms with Gasteiger partial charge in [0.2, 0.25) is 0 Å². The quantitative estimate of drug-likeness (QED) is 0.847. The summed E-state index contributed by atoms with van der Waals surface area (Å²) < 4.78 is 25.9. The number of amides is 1. The van der Waals surface area contributed by atoms with Crippen LogP contribution in [0.1, 0.15) is 28.9 Å². The van der Waals surface area contributed by atoms with Crippen molar-refractivity contribution in [3.63, 3.8) is 0 Å². The summed E-state index contributed by atoms with van der Waals surface area (Å²) >= 11 is 0. The fraction of sp³-hybridized carbons (Fsp3) is 0.143. The Morgan fingerprint density at radius 1 is 1.15 bits per heavy atom. The van der Waals surface area contributed by atoms with Gasteiger partial charge in [-0.05, 0) is 30.7 Å². The first-order valence-corrected chi connectivity index (χ1v) is 7.55. The van der Waals surface area contributed by atoms with Crippen LogP contribution in [0.2, 0.25) is 0 Å². The Bertz CT molecular complexity index is 772. The number of pyridine rings is 1. The number of rotatable bonds is 2. The van der Waals surface area contributed by atoms with Crippen LogP contribution < -0.4 is 0 Å². The number of fused-ring (bicyclic) bond motifs is 1. The van der Waals surface area contributed by atoms with Crippen LogP contribution in [-0.2, 0) is 10.0 Å². The molecule has 2 aromatic rings. The van der Waals surface area contributed by atoms with E-state index in [-0.39, 0.29) is 10.5 Å². The van der Waals surface area contributed by atoms with Gasteiger partial charge in [0, 0.05) is 12.4 Å². The van der Waals surface area contributed by atoms with Crippen molar-refractivity contribution in [2.45, 2.75) is 17.9 Å². The van der Waals surface area contributed by atoms with Gasteiger partial charge < -0.3 is 0 Å². The summed E-state index contributed by atoms with van der Waals surface area (Å²) in [6.07, 6.45) is 3.17. The molecule has 1 aliphatic rings. The molecule has 102 valence electrons. The molecule has 0 spiro atoms. The second kappa shape index (κ2) is 4.42. The van der Waals surface area contributed by atoms with E-state index in [0.29, 0.717) is 5.56 Å². The van der Waals surface area contributed by atoms with Gasteiger partial charge in [0.05, 0.1) is 11.6 Å². The Hall–Kier alpha value is -2.21. The van der Waals surface area contributed by atoms with Crippen LogP contribution in [-0.4, -0.2) is 23.6 Å². The van der Waals surface area contributed by atoms with Gasteiger partial charge in [-0.3, -0.25) is 9.78 Å². The number of sulfonamides is 1. The zero-order valence-electron chi connectivity index (χ0n) is 10.7. The Balaban J connectivity index is 2.11. The van der Waals surface area contributed by atoms with E-state index >= 15 is 0 Å². The maximum absolute atomic E-state index is 12.5. The lowest BCUT2D eigenvalue weighted by atomic mass is 10.1. The summed E-state index contributed by atoms with van der Waals surface area (Å²) in [5.74, 6) is -0.489. The number of benzene rings is 1. The van der Waals surface area contributed by atoms with Crippen molar-refractivity contribution in [2.75, 3.05) is 0 Å². The van der Waals surface area contributed by atoms with Crippen LogP contribution in [0.5, 0.6) is 0 Å². The van der Waals surface area contributed by atoms with Crippen molar-refractivity contribution in [1.29, 1.82) is 0 Å². The fourth-order valence-corrected chi connectivity index (χ4v) is 4.10. The lowest BCUT2D eigenvalue weighted by Crippen LogP contribution is -2.32. The van der Waals surface area contributed by atoms with E-state index in [1.165, 1.54) is 12.1 Å². The Morgan fingerprint density at radius 3 is 2.55 bits per heavy atom. The summed E-state index contributed by atoms with van der Waals surface area (Å²) in [5.41, 5.74) is 0.903. The van der Waals surface area contributed by atoms with Gasteiger partial charge in [0.15, 0.2) is 0 Å². The summed E-state index contributed by atoms with van der Waals surface area (Å²) in [7, 11) is -3.79. The molecule has 0 N–H and O–H groups in total. The van der Waals surface area contributed by atoms with Crippen molar-refractivity contribution in [3.05, 3.63) is 59.9 Å². The minimum absolute atomic E-state index is 0.0701. The average Bonchev–Trinajstić information content (AvgIpc) is 2.67. The molecule has 1 aromatic carbocycles. The van der Waals surface area contributed by atoms with Crippen LogP contribution in [0.15, 0.2) is 53.7 Å². The predicted molar refractivity (Wildman–Crippen MR) is 72.4 cm³/mol. The van der Waals surface area contributed by atoms with Crippen LogP contribution in [0.25, 0.3) is 0 Å². The minimum Gasteiger partial charge on any atom is -0.268 e. The van der Waals surface area contributed by atoms with Gasteiger partial charge in [0.25, 0.3) is 15.9 Å². The molecule has 0 saturated heterocycles. The monoisotopic (exact) mass is 288 g/mol. The summed E-state index contributed by atoms with van der Waals surface area (Å²) in [5, 5.41) is 0. The zero-order valence-corrected chi connectivity index (χ0v) is 11.5. The van der Waals surface area contributed by atoms with Gasteiger partial charge in [-0.25, -0.2) is 12.7 Å². The van der Waals surface area contributed by atoms with E-state index < -0.39 is 22.0 Å². The number of hydrogen-bond donors (Lipinski definition) is 0. The molecule has 0 aliphatic carbocycles. The average molecular weight is 288 g/mol. The molecule has 20 heavy (non-hydrogen) atoms. The molecular weight excluding hydrogens is 276 g/mol. The second-order valence-corrected chi connectivity index (χ2v) is 6.35. The highest BCUT2D eigenvalue weighted by Gasteiger charge is 2.43. The molecule has 3 rings (SSSR count). The largest absolute Gasteiger partial charge is 0.269 e. The first-order valence-electron chi connectivity index (χ1n) is 6.11. The molecule has 1 aromatic heterocycles. The van der Waals surface area contributed by atoms with Gasteiger partial charge in [-0.1, -0.05) is 18.2 Å². The molecule has 1 aliphatic heterocycles. The van der Waals surface area contributed by atoms with Gasteiger partial charge in [-0.2, -0.15) is 0 Å². The van der Waals surface area contributed by atoms with Crippen molar-refractivity contribution >= 4 is 15.9 Å². The van der Waals surface area contributed by atoms with Crippen molar-refractivity contribution in [1.82, 2.24) is 9.29 Å². The standard InChI is InChI=1S/C14H12N2O3S/c1-10(11-5-4-8-15-9-11)16-14(17)12-6-2-3-7-13(12)20(16,18)19/h2-10H,1H3. The number of aromatic nitrogens is 1. The molecule has 0 saturated carbocycles. The molecular formula is C14H12N2O3S. The molecule has 2 heterocycles.